The first-order valence-electron chi connectivity index (χ1n) is 12.1. The van der Waals surface area contributed by atoms with Crippen molar-refractivity contribution in [2.45, 2.75) is 12.8 Å². The number of carbonyl (C=O) groups is 1. The van der Waals surface area contributed by atoms with Crippen LogP contribution in [0, 0.1) is 5.82 Å². The molecule has 2 aromatic carbocycles. The molecule has 0 bridgehead atoms. The molecule has 1 amide bonds. The largest absolute Gasteiger partial charge is 0.504 e. The van der Waals surface area contributed by atoms with Gasteiger partial charge in [-0.3, -0.25) is 15.1 Å². The molecule has 2 N–H and O–H groups in total. The minimum absolute atomic E-state index is 0.0814. The number of halogens is 1. The van der Waals surface area contributed by atoms with Gasteiger partial charge in [0.2, 0.25) is 0 Å². The highest BCUT2D eigenvalue weighted by Gasteiger charge is 2.17. The minimum atomic E-state index is -0.874. The monoisotopic (exact) mass is 508 g/mol. The lowest BCUT2D eigenvalue weighted by Gasteiger charge is -2.30. The number of thiazole rings is 1. The Morgan fingerprint density at radius 2 is 1.92 bits per heavy atom. The van der Waals surface area contributed by atoms with Gasteiger partial charge in [-0.25, -0.2) is 9.37 Å². The number of phenolic OH excluding ortho intramolecular Hbond substituents is 1. The van der Waals surface area contributed by atoms with E-state index < -0.39 is 17.5 Å². The van der Waals surface area contributed by atoms with Crippen molar-refractivity contribution in [2.24, 2.45) is 5.10 Å². The molecule has 0 saturated carbocycles. The SMILES string of the molecule is CN1CCN(/N=C/c2cc(C(=O)Nc3ncc(-c4cccc(N5CCCC5)c4)s3)cc(F)c2O)CC1. The lowest BCUT2D eigenvalue weighted by molar-refractivity contribution is 0.102. The van der Waals surface area contributed by atoms with Gasteiger partial charge in [0.15, 0.2) is 16.7 Å². The van der Waals surface area contributed by atoms with Gasteiger partial charge in [0, 0.05) is 62.3 Å². The Balaban J connectivity index is 1.29. The second kappa shape index (κ2) is 10.6. The third-order valence-electron chi connectivity index (χ3n) is 6.52. The van der Waals surface area contributed by atoms with Crippen molar-refractivity contribution in [1.29, 1.82) is 0 Å². The Kier molecular flexibility index (Phi) is 7.15. The van der Waals surface area contributed by atoms with Crippen LogP contribution in [-0.4, -0.2) is 78.4 Å². The number of benzene rings is 2. The summed E-state index contributed by atoms with van der Waals surface area (Å²) in [5, 5.41) is 19.5. The van der Waals surface area contributed by atoms with Gasteiger partial charge in [0.25, 0.3) is 5.91 Å². The second-order valence-corrected chi connectivity index (χ2v) is 10.2. The van der Waals surface area contributed by atoms with Crippen LogP contribution in [0.25, 0.3) is 10.4 Å². The van der Waals surface area contributed by atoms with Crippen LogP contribution in [-0.2, 0) is 0 Å². The van der Waals surface area contributed by atoms with Crippen LogP contribution in [0.1, 0.15) is 28.8 Å². The number of nitrogens with zero attached hydrogens (tertiary/aromatic N) is 5. The summed E-state index contributed by atoms with van der Waals surface area (Å²) >= 11 is 1.36. The zero-order valence-corrected chi connectivity index (χ0v) is 21.0. The average Bonchev–Trinajstić information content (AvgIpc) is 3.59. The Morgan fingerprint density at radius 1 is 1.14 bits per heavy atom. The average molecular weight is 509 g/mol. The molecule has 2 aliphatic heterocycles. The maximum absolute atomic E-state index is 14.4. The third kappa shape index (κ3) is 5.50. The summed E-state index contributed by atoms with van der Waals surface area (Å²) in [5.41, 5.74) is 2.46. The smallest absolute Gasteiger partial charge is 0.257 e. The molecule has 3 aromatic rings. The van der Waals surface area contributed by atoms with E-state index in [1.165, 1.54) is 42.1 Å². The number of carbonyl (C=O) groups excluding carboxylic acids is 1. The number of rotatable bonds is 6. The van der Waals surface area contributed by atoms with Gasteiger partial charge in [-0.1, -0.05) is 23.5 Å². The fraction of sp³-hybridized carbons (Fsp3) is 0.346. The molecule has 0 spiro atoms. The molecule has 3 heterocycles. The fourth-order valence-corrected chi connectivity index (χ4v) is 5.18. The number of hydrogen-bond acceptors (Lipinski definition) is 8. The normalized spacial score (nSPS) is 16.7. The summed E-state index contributed by atoms with van der Waals surface area (Å²) in [6.45, 7) is 5.36. The molecule has 0 aliphatic carbocycles. The van der Waals surface area contributed by atoms with Crippen molar-refractivity contribution in [3.05, 3.63) is 59.5 Å². The van der Waals surface area contributed by atoms with E-state index in [1.54, 1.807) is 6.20 Å². The van der Waals surface area contributed by atoms with Gasteiger partial charge in [0.05, 0.1) is 11.1 Å². The van der Waals surface area contributed by atoms with E-state index in [4.69, 9.17) is 0 Å². The van der Waals surface area contributed by atoms with Crippen LogP contribution in [0.5, 0.6) is 5.75 Å². The number of nitrogens with one attached hydrogen (secondary N) is 1. The molecular weight excluding hydrogens is 479 g/mol. The molecule has 2 saturated heterocycles. The van der Waals surface area contributed by atoms with Crippen molar-refractivity contribution in [1.82, 2.24) is 14.9 Å². The maximum atomic E-state index is 14.4. The van der Waals surface area contributed by atoms with Gasteiger partial charge in [-0.15, -0.1) is 0 Å². The fourth-order valence-electron chi connectivity index (χ4n) is 4.37. The maximum Gasteiger partial charge on any atom is 0.257 e. The molecule has 2 fully saturated rings. The number of hydrogen-bond donors (Lipinski definition) is 2. The van der Waals surface area contributed by atoms with Gasteiger partial charge in [-0.05, 0) is 49.7 Å². The first kappa shape index (κ1) is 24.2. The highest BCUT2D eigenvalue weighted by molar-refractivity contribution is 7.19. The van der Waals surface area contributed by atoms with Crippen LogP contribution < -0.4 is 10.2 Å². The summed E-state index contributed by atoms with van der Waals surface area (Å²) in [4.78, 5) is 22.7. The van der Waals surface area contributed by atoms with E-state index in [0.717, 1.165) is 55.8 Å². The molecule has 0 atom stereocenters. The number of aromatic nitrogens is 1. The molecule has 188 valence electrons. The van der Waals surface area contributed by atoms with Gasteiger partial charge >= 0.3 is 0 Å². The number of amides is 1. The predicted molar refractivity (Wildman–Crippen MR) is 142 cm³/mol. The Labute approximate surface area is 213 Å². The van der Waals surface area contributed by atoms with Crippen molar-refractivity contribution in [2.75, 3.05) is 56.5 Å². The second-order valence-electron chi connectivity index (χ2n) is 9.13. The van der Waals surface area contributed by atoms with Crippen molar-refractivity contribution in [3.63, 3.8) is 0 Å². The molecule has 0 unspecified atom stereocenters. The Hall–Kier alpha value is -3.50. The summed E-state index contributed by atoms with van der Waals surface area (Å²) < 4.78 is 14.4. The lowest BCUT2D eigenvalue weighted by atomic mass is 10.1. The molecule has 2 aliphatic rings. The van der Waals surface area contributed by atoms with Gasteiger partial charge in [0.1, 0.15) is 0 Å². The summed E-state index contributed by atoms with van der Waals surface area (Å²) in [6, 6.07) is 10.8. The van der Waals surface area contributed by atoms with E-state index in [1.807, 2.05) is 24.2 Å². The molecule has 0 radical (unpaired) electrons. The molecule has 5 rings (SSSR count). The summed E-state index contributed by atoms with van der Waals surface area (Å²) in [5.74, 6) is -1.91. The van der Waals surface area contributed by atoms with E-state index in [2.05, 4.69) is 37.3 Å². The number of anilines is 2. The minimum Gasteiger partial charge on any atom is -0.504 e. The number of likely N-dealkylation sites (N-methyl/N-ethyl adjacent to an activating group) is 1. The third-order valence-corrected chi connectivity index (χ3v) is 7.48. The van der Waals surface area contributed by atoms with E-state index in [0.29, 0.717) is 5.13 Å². The molecule has 10 heteroatoms. The summed E-state index contributed by atoms with van der Waals surface area (Å²) in [6.07, 6.45) is 5.55. The van der Waals surface area contributed by atoms with Crippen molar-refractivity contribution < 1.29 is 14.3 Å². The van der Waals surface area contributed by atoms with Gasteiger partial charge in [-0.2, -0.15) is 5.10 Å². The molecule has 1 aromatic heterocycles. The zero-order valence-electron chi connectivity index (χ0n) is 20.2. The van der Waals surface area contributed by atoms with Crippen LogP contribution in [0.4, 0.5) is 15.2 Å². The van der Waals surface area contributed by atoms with Crippen LogP contribution >= 0.6 is 11.3 Å². The summed E-state index contributed by atoms with van der Waals surface area (Å²) in [7, 11) is 2.04. The molecule has 36 heavy (non-hydrogen) atoms. The first-order valence-corrected chi connectivity index (χ1v) is 12.9. The van der Waals surface area contributed by atoms with Gasteiger partial charge < -0.3 is 14.9 Å². The highest BCUT2D eigenvalue weighted by atomic mass is 32.1. The number of hydrazone groups is 1. The van der Waals surface area contributed by atoms with Crippen molar-refractivity contribution in [3.8, 4) is 16.2 Å². The van der Waals surface area contributed by atoms with Crippen LogP contribution in [0.15, 0.2) is 47.7 Å². The zero-order chi connectivity index (χ0) is 25.1. The Bertz CT molecular complexity index is 1270. The van der Waals surface area contributed by atoms with Crippen LogP contribution in [0.2, 0.25) is 0 Å². The van der Waals surface area contributed by atoms with E-state index in [-0.39, 0.29) is 11.1 Å². The number of aromatic hydroxyl groups is 1. The topological polar surface area (TPSA) is 84.3 Å². The standard InChI is InChI=1S/C26H29FN6O2S/c1-31-9-11-33(12-10-31)29-16-20-13-19(15-22(27)24(20)34)25(35)30-26-28-17-23(36-26)18-5-4-6-21(14-18)32-7-2-3-8-32/h4-6,13-17,34H,2-3,7-12H2,1H3,(H,28,30,35)/b29-16+. The molecule has 8 nitrogen and oxygen atoms in total. The van der Waals surface area contributed by atoms with Crippen LogP contribution in [0.3, 0.4) is 0 Å². The Morgan fingerprint density at radius 3 is 2.69 bits per heavy atom. The highest BCUT2D eigenvalue weighted by Crippen LogP contribution is 2.32. The van der Waals surface area contributed by atoms with E-state index in [9.17, 15) is 14.3 Å². The quantitative estimate of drug-likeness (QED) is 0.488. The first-order chi connectivity index (χ1) is 17.5. The number of phenols is 1. The number of piperazine rings is 1. The predicted octanol–water partition coefficient (Wildman–Crippen LogP) is 4.09. The van der Waals surface area contributed by atoms with Crippen molar-refractivity contribution >= 4 is 34.3 Å². The van der Waals surface area contributed by atoms with E-state index >= 15 is 0 Å². The lowest BCUT2D eigenvalue weighted by Crippen LogP contribution is -2.41. The molecular formula is C26H29FN6O2S.